The summed E-state index contributed by atoms with van der Waals surface area (Å²) in [6.07, 6.45) is 4.57. The largest absolute Gasteiger partial charge is 0.493 e. The highest BCUT2D eigenvalue weighted by Gasteiger charge is 2.29. The van der Waals surface area contributed by atoms with Crippen LogP contribution in [0.5, 0.6) is 5.75 Å². The average molecular weight is 711 g/mol. The van der Waals surface area contributed by atoms with Crippen LogP contribution in [0.1, 0.15) is 75.4 Å². The van der Waals surface area contributed by atoms with E-state index >= 15 is 0 Å². The van der Waals surface area contributed by atoms with E-state index < -0.39 is 11.4 Å². The van der Waals surface area contributed by atoms with Gasteiger partial charge < -0.3 is 28.7 Å². The maximum absolute atomic E-state index is 14.4. The number of anilines is 1. The molecule has 2 aliphatic heterocycles. The summed E-state index contributed by atoms with van der Waals surface area (Å²) in [6.45, 7) is 18.0. The van der Waals surface area contributed by atoms with E-state index in [1.807, 2.05) is 55.7 Å². The number of aromatic nitrogens is 3. The van der Waals surface area contributed by atoms with E-state index in [-0.39, 0.29) is 12.0 Å². The van der Waals surface area contributed by atoms with E-state index in [0.29, 0.717) is 62.3 Å². The fourth-order valence-corrected chi connectivity index (χ4v) is 7.21. The lowest BCUT2D eigenvalue weighted by molar-refractivity contribution is 0.0272. The number of benzene rings is 1. The third kappa shape index (κ3) is 7.78. The molecule has 1 fully saturated rings. The maximum Gasteiger partial charge on any atom is 0.410 e. The fraction of sp³-hybridized carbons (Fsp3) is 0.463. The second-order valence-corrected chi connectivity index (χ2v) is 15.2. The number of carbonyl (C=O) groups is 2. The molecule has 276 valence electrons. The predicted molar refractivity (Wildman–Crippen MR) is 203 cm³/mol. The van der Waals surface area contributed by atoms with Gasteiger partial charge in [-0.2, -0.15) is 0 Å². The lowest BCUT2D eigenvalue weighted by atomic mass is 9.96. The Morgan fingerprint density at radius 1 is 0.981 bits per heavy atom. The molecule has 0 saturated carbocycles. The molecular formula is C41H51FN6O4. The molecule has 11 heteroatoms. The molecular weight excluding hydrogens is 659 g/mol. The van der Waals surface area contributed by atoms with Crippen LogP contribution in [0, 0.1) is 18.7 Å². The molecule has 52 heavy (non-hydrogen) atoms. The van der Waals surface area contributed by atoms with E-state index in [1.54, 1.807) is 4.90 Å². The van der Waals surface area contributed by atoms with Crippen molar-refractivity contribution in [2.45, 2.75) is 73.5 Å². The normalized spacial score (nSPS) is 15.3. The minimum Gasteiger partial charge on any atom is -0.493 e. The number of aryl methyl sites for hydroxylation is 2. The van der Waals surface area contributed by atoms with Crippen LogP contribution in [0.25, 0.3) is 27.6 Å². The number of nitrogens with zero attached hydrogens (tertiary/aromatic N) is 6. The van der Waals surface area contributed by atoms with Gasteiger partial charge in [-0.3, -0.25) is 9.78 Å². The second kappa shape index (κ2) is 15.0. The van der Waals surface area contributed by atoms with Crippen LogP contribution in [0.15, 0.2) is 48.7 Å². The van der Waals surface area contributed by atoms with Gasteiger partial charge in [0, 0.05) is 84.5 Å². The number of ether oxygens (including phenoxy) is 2. The van der Waals surface area contributed by atoms with Gasteiger partial charge in [0.1, 0.15) is 11.4 Å². The minimum absolute atomic E-state index is 0.0499. The van der Waals surface area contributed by atoms with Crippen molar-refractivity contribution in [1.29, 1.82) is 0 Å². The second-order valence-electron chi connectivity index (χ2n) is 15.2. The topological polar surface area (TPSA) is 93.0 Å². The van der Waals surface area contributed by atoms with Crippen LogP contribution >= 0.6 is 0 Å². The summed E-state index contributed by atoms with van der Waals surface area (Å²) in [5.74, 6) is 0.770. The van der Waals surface area contributed by atoms with Crippen molar-refractivity contribution in [3.8, 4) is 16.9 Å². The number of piperazine rings is 1. The van der Waals surface area contributed by atoms with Gasteiger partial charge >= 0.3 is 6.09 Å². The molecule has 4 aromatic rings. The van der Waals surface area contributed by atoms with Crippen molar-refractivity contribution < 1.29 is 23.5 Å². The molecule has 2 aliphatic rings. The van der Waals surface area contributed by atoms with Crippen LogP contribution in [0.3, 0.4) is 0 Å². The molecule has 5 heterocycles. The first kappa shape index (κ1) is 36.8. The van der Waals surface area contributed by atoms with Crippen molar-refractivity contribution in [2.24, 2.45) is 5.92 Å². The van der Waals surface area contributed by atoms with E-state index in [1.165, 1.54) is 19.4 Å². The first-order chi connectivity index (χ1) is 24.8. The van der Waals surface area contributed by atoms with Crippen LogP contribution in [0.4, 0.5) is 15.0 Å². The molecule has 1 aromatic carbocycles. The lowest BCUT2D eigenvalue weighted by Gasteiger charge is -2.36. The summed E-state index contributed by atoms with van der Waals surface area (Å²) in [4.78, 5) is 42.4. The molecule has 0 unspecified atom stereocenters. The molecule has 3 aromatic heterocycles. The fourth-order valence-electron chi connectivity index (χ4n) is 7.21. The molecule has 0 spiro atoms. The Labute approximate surface area is 306 Å². The van der Waals surface area contributed by atoms with Crippen molar-refractivity contribution >= 4 is 34.3 Å². The van der Waals surface area contributed by atoms with E-state index in [9.17, 15) is 14.0 Å². The molecule has 2 amide bonds. The van der Waals surface area contributed by atoms with Crippen LogP contribution in [0.2, 0.25) is 0 Å². The Balaban J connectivity index is 1.41. The summed E-state index contributed by atoms with van der Waals surface area (Å²) >= 11 is 0. The van der Waals surface area contributed by atoms with E-state index in [0.717, 1.165) is 64.1 Å². The number of hydrogen-bond donors (Lipinski definition) is 0. The highest BCUT2D eigenvalue weighted by molar-refractivity contribution is 6.05. The van der Waals surface area contributed by atoms with Crippen LogP contribution in [-0.4, -0.2) is 88.3 Å². The molecule has 0 bridgehead atoms. The molecule has 1 saturated heterocycles. The van der Waals surface area contributed by atoms with Crippen molar-refractivity contribution in [2.75, 3.05) is 51.3 Å². The molecule has 6 rings (SSSR count). The highest BCUT2D eigenvalue weighted by atomic mass is 19.1. The highest BCUT2D eigenvalue weighted by Crippen LogP contribution is 2.38. The van der Waals surface area contributed by atoms with Gasteiger partial charge in [-0.25, -0.2) is 14.2 Å². The van der Waals surface area contributed by atoms with Crippen molar-refractivity contribution in [1.82, 2.24) is 24.3 Å². The zero-order valence-corrected chi connectivity index (χ0v) is 31.8. The third-order valence-electron chi connectivity index (χ3n) is 9.54. The Morgan fingerprint density at radius 2 is 1.73 bits per heavy atom. The number of hydrogen-bond acceptors (Lipinski definition) is 7. The van der Waals surface area contributed by atoms with Gasteiger partial charge in [-0.05, 0) is 76.3 Å². The Morgan fingerprint density at radius 3 is 2.40 bits per heavy atom. The summed E-state index contributed by atoms with van der Waals surface area (Å²) in [6, 6.07) is 11.7. The number of amides is 2. The molecule has 0 N–H and O–H groups in total. The lowest BCUT2D eigenvalue weighted by Crippen LogP contribution is -2.49. The van der Waals surface area contributed by atoms with E-state index in [2.05, 4.69) is 48.5 Å². The Hall–Kier alpha value is -4.93. The first-order valence-corrected chi connectivity index (χ1v) is 18.3. The van der Waals surface area contributed by atoms with Crippen LogP contribution in [-0.2, 0) is 17.7 Å². The van der Waals surface area contributed by atoms with Gasteiger partial charge in [0.25, 0.3) is 5.91 Å². The monoisotopic (exact) mass is 710 g/mol. The summed E-state index contributed by atoms with van der Waals surface area (Å²) < 4.78 is 27.4. The summed E-state index contributed by atoms with van der Waals surface area (Å²) in [5, 5.41) is 0.966. The van der Waals surface area contributed by atoms with Gasteiger partial charge in [-0.15, -0.1) is 0 Å². The summed E-state index contributed by atoms with van der Waals surface area (Å²) in [5.41, 5.74) is 7.08. The van der Waals surface area contributed by atoms with Crippen molar-refractivity contribution in [3.63, 3.8) is 0 Å². The van der Waals surface area contributed by atoms with Crippen molar-refractivity contribution in [3.05, 3.63) is 77.1 Å². The number of pyridine rings is 2. The molecule has 0 atom stereocenters. The van der Waals surface area contributed by atoms with Gasteiger partial charge in [0.2, 0.25) is 0 Å². The summed E-state index contributed by atoms with van der Waals surface area (Å²) in [7, 11) is 1.50. The SMILES string of the molecule is CCc1nc(C)ccc1-c1cc(C(=O)N2CCN(c3ncc(F)cc3OC)CC2)cc2cc(C3=CCCN(C(=O)OC(C)(C)C)C3)n(CC(C)C)c12. The predicted octanol–water partition coefficient (Wildman–Crippen LogP) is 7.76. The van der Waals surface area contributed by atoms with Gasteiger partial charge in [0.05, 0.1) is 25.4 Å². The quantitative estimate of drug-likeness (QED) is 0.185. The van der Waals surface area contributed by atoms with Gasteiger partial charge in [-0.1, -0.05) is 32.9 Å². The standard InChI is InChI=1S/C41H51FN6O4/c1-9-34-32(13-12-27(4)44-34)33-20-30(39(49)46-17-15-45(16-18-46)38-36(51-8)22-31(42)23-43-38)19-29-21-35(48(37(29)33)24-26(2)3)28-11-10-14-47(25-28)40(50)52-41(5,6)7/h11-13,19-23,26H,9-10,14-18,24-25H2,1-8H3. The zero-order valence-electron chi connectivity index (χ0n) is 31.8. The number of halogens is 1. The Kier molecular flexibility index (Phi) is 10.6. The Bertz CT molecular complexity index is 2000. The van der Waals surface area contributed by atoms with E-state index in [4.69, 9.17) is 14.5 Å². The van der Waals surface area contributed by atoms with Gasteiger partial charge in [0.15, 0.2) is 11.6 Å². The number of fused-ring (bicyclic) bond motifs is 1. The third-order valence-corrected chi connectivity index (χ3v) is 9.54. The number of methoxy groups -OCH3 is 1. The molecule has 10 nitrogen and oxygen atoms in total. The minimum atomic E-state index is -0.584. The number of rotatable bonds is 8. The molecule has 0 aliphatic carbocycles. The first-order valence-electron chi connectivity index (χ1n) is 18.3. The maximum atomic E-state index is 14.4. The zero-order chi connectivity index (χ0) is 37.3. The molecule has 0 radical (unpaired) electrons. The van der Waals surface area contributed by atoms with Crippen LogP contribution < -0.4 is 9.64 Å². The average Bonchev–Trinajstić information content (AvgIpc) is 3.47. The number of carbonyl (C=O) groups excluding carboxylic acids is 2. The smallest absolute Gasteiger partial charge is 0.410 e.